The van der Waals surface area contributed by atoms with Crippen molar-refractivity contribution in [3.8, 4) is 0 Å². The Bertz CT molecular complexity index is 281. The predicted octanol–water partition coefficient (Wildman–Crippen LogP) is 1.26. The third kappa shape index (κ3) is 1.19. The second-order valence-corrected chi connectivity index (χ2v) is 2.76. The van der Waals surface area contributed by atoms with E-state index < -0.39 is 0 Å². The molecule has 3 nitrogen and oxygen atoms in total. The van der Waals surface area contributed by atoms with Gasteiger partial charge in [-0.2, -0.15) is 0 Å². The Labute approximate surface area is 71.9 Å². The summed E-state index contributed by atoms with van der Waals surface area (Å²) in [7, 11) is 2.04. The van der Waals surface area contributed by atoms with Gasteiger partial charge in [-0.25, -0.2) is 9.99 Å². The highest BCUT2D eigenvalue weighted by atomic mass is 15.6. The van der Waals surface area contributed by atoms with Crippen LogP contribution in [-0.2, 0) is 0 Å². The lowest BCUT2D eigenvalue weighted by Crippen LogP contribution is -2.31. The van der Waals surface area contributed by atoms with E-state index >= 15 is 0 Å². The van der Waals surface area contributed by atoms with E-state index in [9.17, 15) is 0 Å². The van der Waals surface area contributed by atoms with Gasteiger partial charge in [0.1, 0.15) is 5.82 Å². The largest absolute Gasteiger partial charge is 0.265 e. The van der Waals surface area contributed by atoms with Crippen LogP contribution in [0.1, 0.15) is 0 Å². The molecule has 0 bridgehead atoms. The van der Waals surface area contributed by atoms with Crippen molar-refractivity contribution in [3.05, 3.63) is 36.7 Å². The molecule has 3 heteroatoms. The summed E-state index contributed by atoms with van der Waals surface area (Å²) in [6.45, 7) is 0.955. The normalized spacial score (nSPS) is 17.2. The number of rotatable bonds is 1. The topological polar surface area (TPSA) is 19.4 Å². The van der Waals surface area contributed by atoms with Gasteiger partial charge in [0, 0.05) is 26.0 Å². The standard InChI is InChI=1S/C9H11N3/c1-11-7-4-8-12(11)9-5-2-3-6-10-9/h2-6,8H,7H2,1H3. The highest BCUT2D eigenvalue weighted by molar-refractivity contribution is 5.41. The van der Waals surface area contributed by atoms with Crippen molar-refractivity contribution in [2.24, 2.45) is 0 Å². The van der Waals surface area contributed by atoms with E-state index in [1.165, 1.54) is 0 Å². The van der Waals surface area contributed by atoms with Gasteiger partial charge in [-0.05, 0) is 12.1 Å². The van der Waals surface area contributed by atoms with Crippen LogP contribution in [0.3, 0.4) is 0 Å². The number of anilines is 1. The van der Waals surface area contributed by atoms with E-state index in [4.69, 9.17) is 0 Å². The van der Waals surface area contributed by atoms with Crippen LogP contribution in [0.25, 0.3) is 0 Å². The maximum atomic E-state index is 4.24. The molecule has 1 aromatic rings. The molecule has 0 atom stereocenters. The molecule has 0 unspecified atom stereocenters. The average molecular weight is 161 g/mol. The van der Waals surface area contributed by atoms with Crippen LogP contribution in [0.5, 0.6) is 0 Å². The quantitative estimate of drug-likeness (QED) is 0.618. The predicted molar refractivity (Wildman–Crippen MR) is 48.5 cm³/mol. The Morgan fingerprint density at radius 3 is 2.92 bits per heavy atom. The smallest absolute Gasteiger partial charge is 0.147 e. The Hall–Kier alpha value is -1.35. The molecule has 62 valence electrons. The molecule has 1 aliphatic rings. The fraction of sp³-hybridized carbons (Fsp3) is 0.222. The summed E-state index contributed by atoms with van der Waals surface area (Å²) in [5.74, 6) is 0.966. The van der Waals surface area contributed by atoms with Crippen LogP contribution in [0.4, 0.5) is 5.82 Å². The number of hydrogen-bond acceptors (Lipinski definition) is 3. The van der Waals surface area contributed by atoms with Gasteiger partial charge in [-0.3, -0.25) is 5.01 Å². The van der Waals surface area contributed by atoms with Gasteiger partial charge in [0.2, 0.25) is 0 Å². The third-order valence-corrected chi connectivity index (χ3v) is 1.87. The van der Waals surface area contributed by atoms with Crippen LogP contribution in [0.2, 0.25) is 0 Å². The fourth-order valence-electron chi connectivity index (χ4n) is 1.24. The minimum Gasteiger partial charge on any atom is -0.265 e. The van der Waals surface area contributed by atoms with Gasteiger partial charge in [-0.15, -0.1) is 0 Å². The van der Waals surface area contributed by atoms with Crippen molar-refractivity contribution in [2.75, 3.05) is 18.6 Å². The molecule has 0 saturated heterocycles. The van der Waals surface area contributed by atoms with Crippen molar-refractivity contribution in [1.29, 1.82) is 0 Å². The Balaban J connectivity index is 2.25. The fourth-order valence-corrected chi connectivity index (χ4v) is 1.24. The summed E-state index contributed by atoms with van der Waals surface area (Å²) in [6.07, 6.45) is 5.94. The number of hydrogen-bond donors (Lipinski definition) is 0. The van der Waals surface area contributed by atoms with Crippen LogP contribution < -0.4 is 5.01 Å². The van der Waals surface area contributed by atoms with E-state index in [-0.39, 0.29) is 0 Å². The van der Waals surface area contributed by atoms with Gasteiger partial charge in [-0.1, -0.05) is 12.1 Å². The molecular formula is C9H11N3. The highest BCUT2D eigenvalue weighted by Crippen LogP contribution is 2.15. The molecule has 1 aromatic heterocycles. The molecular weight excluding hydrogens is 150 g/mol. The zero-order chi connectivity index (χ0) is 8.39. The van der Waals surface area contributed by atoms with Gasteiger partial charge in [0.05, 0.1) is 0 Å². The van der Waals surface area contributed by atoms with Gasteiger partial charge >= 0.3 is 0 Å². The van der Waals surface area contributed by atoms with Gasteiger partial charge < -0.3 is 0 Å². The van der Waals surface area contributed by atoms with Crippen LogP contribution in [-0.4, -0.2) is 23.6 Å². The molecule has 0 N–H and O–H groups in total. The second kappa shape index (κ2) is 2.95. The SMILES string of the molecule is CN1CC=CN1c1ccccn1. The van der Waals surface area contributed by atoms with Crippen molar-refractivity contribution in [3.63, 3.8) is 0 Å². The molecule has 0 amide bonds. The number of likely N-dealkylation sites (N-methyl/N-ethyl adjacent to an activating group) is 1. The molecule has 2 rings (SSSR count). The molecule has 0 radical (unpaired) electrons. The monoisotopic (exact) mass is 161 g/mol. The van der Waals surface area contributed by atoms with Crippen LogP contribution in [0.15, 0.2) is 36.7 Å². The van der Waals surface area contributed by atoms with Crippen molar-refractivity contribution in [2.45, 2.75) is 0 Å². The first kappa shape index (κ1) is 7.31. The minimum atomic E-state index is 0.955. The zero-order valence-corrected chi connectivity index (χ0v) is 7.01. The highest BCUT2D eigenvalue weighted by Gasteiger charge is 2.12. The lowest BCUT2D eigenvalue weighted by Gasteiger charge is -2.23. The Morgan fingerprint density at radius 1 is 1.42 bits per heavy atom. The molecule has 0 spiro atoms. The van der Waals surface area contributed by atoms with Crippen molar-refractivity contribution < 1.29 is 0 Å². The summed E-state index contributed by atoms with van der Waals surface area (Å²) in [5.41, 5.74) is 0. The maximum absolute atomic E-state index is 4.24. The van der Waals surface area contributed by atoms with Crippen LogP contribution in [0, 0.1) is 0 Å². The summed E-state index contributed by atoms with van der Waals surface area (Å²) >= 11 is 0. The number of nitrogens with zero attached hydrogens (tertiary/aromatic N) is 3. The number of aromatic nitrogens is 1. The summed E-state index contributed by atoms with van der Waals surface area (Å²) in [6, 6.07) is 5.90. The second-order valence-electron chi connectivity index (χ2n) is 2.76. The molecule has 0 aliphatic carbocycles. The average Bonchev–Trinajstić information content (AvgIpc) is 2.53. The Morgan fingerprint density at radius 2 is 2.33 bits per heavy atom. The van der Waals surface area contributed by atoms with E-state index in [0.29, 0.717) is 0 Å². The van der Waals surface area contributed by atoms with Crippen molar-refractivity contribution >= 4 is 5.82 Å². The Kier molecular flexibility index (Phi) is 1.80. The molecule has 2 heterocycles. The molecule has 12 heavy (non-hydrogen) atoms. The summed E-state index contributed by atoms with van der Waals surface area (Å²) in [4.78, 5) is 4.24. The first-order chi connectivity index (χ1) is 5.88. The maximum Gasteiger partial charge on any atom is 0.147 e. The lowest BCUT2D eigenvalue weighted by molar-refractivity contribution is 0.393. The van der Waals surface area contributed by atoms with Gasteiger partial charge in [0.25, 0.3) is 0 Å². The first-order valence-corrected chi connectivity index (χ1v) is 3.96. The number of hydrazine groups is 1. The summed E-state index contributed by atoms with van der Waals surface area (Å²) in [5, 5.41) is 4.13. The molecule has 1 aliphatic heterocycles. The van der Waals surface area contributed by atoms with Gasteiger partial charge in [0.15, 0.2) is 0 Å². The molecule has 0 aromatic carbocycles. The summed E-state index contributed by atoms with van der Waals surface area (Å²) < 4.78 is 0. The first-order valence-electron chi connectivity index (χ1n) is 3.96. The van der Waals surface area contributed by atoms with E-state index in [1.54, 1.807) is 6.20 Å². The molecule has 0 saturated carbocycles. The van der Waals surface area contributed by atoms with E-state index in [1.807, 2.05) is 36.5 Å². The zero-order valence-electron chi connectivity index (χ0n) is 7.01. The van der Waals surface area contributed by atoms with E-state index in [2.05, 4.69) is 16.1 Å². The lowest BCUT2D eigenvalue weighted by atomic mass is 10.4. The minimum absolute atomic E-state index is 0.955. The van der Waals surface area contributed by atoms with Crippen LogP contribution >= 0.6 is 0 Å². The molecule has 0 fully saturated rings. The third-order valence-electron chi connectivity index (χ3n) is 1.87. The van der Waals surface area contributed by atoms with E-state index in [0.717, 1.165) is 12.4 Å². The van der Waals surface area contributed by atoms with Crippen molar-refractivity contribution in [1.82, 2.24) is 9.99 Å². The number of pyridine rings is 1.